The Labute approximate surface area is 125 Å². The van der Waals surface area contributed by atoms with E-state index in [9.17, 15) is 0 Å². The fourth-order valence-corrected chi connectivity index (χ4v) is 3.35. The second-order valence-corrected chi connectivity index (χ2v) is 6.87. The van der Waals surface area contributed by atoms with Crippen LogP contribution in [0.5, 0.6) is 0 Å². The van der Waals surface area contributed by atoms with Gasteiger partial charge in [0.15, 0.2) is 0 Å². The van der Waals surface area contributed by atoms with E-state index in [-0.39, 0.29) is 0 Å². The molecule has 1 N–H and O–H groups in total. The summed E-state index contributed by atoms with van der Waals surface area (Å²) >= 11 is 0. The van der Waals surface area contributed by atoms with Crippen molar-refractivity contribution in [1.82, 2.24) is 5.32 Å². The van der Waals surface area contributed by atoms with Crippen molar-refractivity contribution in [2.24, 2.45) is 11.8 Å². The summed E-state index contributed by atoms with van der Waals surface area (Å²) in [5.41, 5.74) is 4.77. The first-order chi connectivity index (χ1) is 9.69. The predicted octanol–water partition coefficient (Wildman–Crippen LogP) is 4.38. The van der Waals surface area contributed by atoms with Crippen LogP contribution in [-0.2, 0) is 19.3 Å². The SMILES string of the molecule is CCCC(CNCC(C)C)Cc1ccc2c(c1)CCC2. The smallest absolute Gasteiger partial charge is 0.00172 e. The van der Waals surface area contributed by atoms with Crippen LogP contribution < -0.4 is 5.32 Å². The lowest BCUT2D eigenvalue weighted by atomic mass is 9.93. The Hall–Kier alpha value is -0.820. The van der Waals surface area contributed by atoms with Crippen molar-refractivity contribution in [2.45, 2.75) is 59.3 Å². The van der Waals surface area contributed by atoms with Gasteiger partial charge in [-0.05, 0) is 73.7 Å². The second-order valence-electron chi connectivity index (χ2n) is 6.87. The third-order valence-corrected chi connectivity index (χ3v) is 4.37. The normalized spacial score (nSPS) is 15.6. The van der Waals surface area contributed by atoms with Gasteiger partial charge in [-0.2, -0.15) is 0 Å². The molecule has 1 aromatic carbocycles. The van der Waals surface area contributed by atoms with E-state index in [1.54, 1.807) is 16.7 Å². The van der Waals surface area contributed by atoms with Gasteiger partial charge >= 0.3 is 0 Å². The lowest BCUT2D eigenvalue weighted by Gasteiger charge is -2.18. The molecule has 1 nitrogen and oxygen atoms in total. The van der Waals surface area contributed by atoms with Gasteiger partial charge in [0.25, 0.3) is 0 Å². The lowest BCUT2D eigenvalue weighted by Crippen LogP contribution is -2.27. The van der Waals surface area contributed by atoms with E-state index in [1.807, 2.05) is 0 Å². The fourth-order valence-electron chi connectivity index (χ4n) is 3.35. The van der Waals surface area contributed by atoms with Gasteiger partial charge in [0.05, 0.1) is 0 Å². The lowest BCUT2D eigenvalue weighted by molar-refractivity contribution is 0.421. The van der Waals surface area contributed by atoms with E-state index in [1.165, 1.54) is 45.1 Å². The molecule has 1 aromatic rings. The number of nitrogens with one attached hydrogen (secondary N) is 1. The van der Waals surface area contributed by atoms with E-state index in [0.29, 0.717) is 0 Å². The molecule has 0 aromatic heterocycles. The van der Waals surface area contributed by atoms with Crippen LogP contribution in [0.2, 0.25) is 0 Å². The average Bonchev–Trinajstić information content (AvgIpc) is 2.86. The molecule has 0 fully saturated rings. The molecule has 0 saturated carbocycles. The molecule has 0 spiro atoms. The van der Waals surface area contributed by atoms with Crippen molar-refractivity contribution in [3.05, 3.63) is 34.9 Å². The molecule has 0 bridgehead atoms. The Balaban J connectivity index is 1.89. The Morgan fingerprint density at radius 2 is 1.90 bits per heavy atom. The number of rotatable bonds is 8. The highest BCUT2D eigenvalue weighted by atomic mass is 14.9. The van der Waals surface area contributed by atoms with Crippen molar-refractivity contribution >= 4 is 0 Å². The van der Waals surface area contributed by atoms with Gasteiger partial charge in [-0.25, -0.2) is 0 Å². The molecule has 1 aliphatic rings. The van der Waals surface area contributed by atoms with Crippen molar-refractivity contribution < 1.29 is 0 Å². The predicted molar refractivity (Wildman–Crippen MR) is 88.3 cm³/mol. The summed E-state index contributed by atoms with van der Waals surface area (Å²) in [4.78, 5) is 0. The van der Waals surface area contributed by atoms with Crippen LogP contribution in [0.1, 0.15) is 56.7 Å². The molecule has 0 amide bonds. The third-order valence-electron chi connectivity index (χ3n) is 4.37. The average molecular weight is 273 g/mol. The van der Waals surface area contributed by atoms with E-state index >= 15 is 0 Å². The van der Waals surface area contributed by atoms with Gasteiger partial charge in [0.1, 0.15) is 0 Å². The molecular formula is C19H31N. The van der Waals surface area contributed by atoms with Gasteiger partial charge in [-0.15, -0.1) is 0 Å². The second kappa shape index (κ2) is 7.83. The van der Waals surface area contributed by atoms with Crippen LogP contribution in [0.4, 0.5) is 0 Å². The van der Waals surface area contributed by atoms with Crippen molar-refractivity contribution in [1.29, 1.82) is 0 Å². The summed E-state index contributed by atoms with van der Waals surface area (Å²) in [5, 5.41) is 3.64. The number of benzene rings is 1. The van der Waals surface area contributed by atoms with Crippen LogP contribution in [-0.4, -0.2) is 13.1 Å². The third kappa shape index (κ3) is 4.63. The standard InChI is InChI=1S/C19H31N/c1-4-6-17(14-20-13-15(2)3)11-16-9-10-18-7-5-8-19(18)12-16/h9-10,12,15,17,20H,4-8,11,13-14H2,1-3H3. The van der Waals surface area contributed by atoms with Gasteiger partial charge in [0.2, 0.25) is 0 Å². The Morgan fingerprint density at radius 3 is 2.65 bits per heavy atom. The van der Waals surface area contributed by atoms with E-state index in [4.69, 9.17) is 0 Å². The Bertz CT molecular complexity index is 408. The van der Waals surface area contributed by atoms with Crippen molar-refractivity contribution in [3.8, 4) is 0 Å². The molecule has 0 heterocycles. The highest BCUT2D eigenvalue weighted by Gasteiger charge is 2.13. The van der Waals surface area contributed by atoms with Crippen LogP contribution in [0.25, 0.3) is 0 Å². The summed E-state index contributed by atoms with van der Waals surface area (Å²) < 4.78 is 0. The Morgan fingerprint density at radius 1 is 1.10 bits per heavy atom. The number of hydrogen-bond donors (Lipinski definition) is 1. The van der Waals surface area contributed by atoms with Crippen molar-refractivity contribution in [3.63, 3.8) is 0 Å². The summed E-state index contributed by atoms with van der Waals surface area (Å²) in [6.45, 7) is 9.18. The molecule has 0 aliphatic heterocycles. The first-order valence-electron chi connectivity index (χ1n) is 8.50. The first kappa shape index (κ1) is 15.6. The molecular weight excluding hydrogens is 242 g/mol. The van der Waals surface area contributed by atoms with E-state index in [2.05, 4.69) is 44.3 Å². The summed E-state index contributed by atoms with van der Waals surface area (Å²) in [6.07, 6.45) is 7.82. The number of aryl methyl sites for hydroxylation is 2. The van der Waals surface area contributed by atoms with Crippen LogP contribution in [0.3, 0.4) is 0 Å². The number of fused-ring (bicyclic) bond motifs is 1. The molecule has 1 unspecified atom stereocenters. The summed E-state index contributed by atoms with van der Waals surface area (Å²) in [5.74, 6) is 1.54. The molecule has 1 heteroatoms. The zero-order valence-electron chi connectivity index (χ0n) is 13.5. The molecule has 1 atom stereocenters. The van der Waals surface area contributed by atoms with Crippen molar-refractivity contribution in [2.75, 3.05) is 13.1 Å². The molecule has 20 heavy (non-hydrogen) atoms. The first-order valence-corrected chi connectivity index (χ1v) is 8.50. The van der Waals surface area contributed by atoms with Gasteiger partial charge in [-0.3, -0.25) is 0 Å². The minimum atomic E-state index is 0.747. The minimum absolute atomic E-state index is 0.747. The maximum Gasteiger partial charge on any atom is -0.00172 e. The van der Waals surface area contributed by atoms with Crippen LogP contribution in [0.15, 0.2) is 18.2 Å². The maximum absolute atomic E-state index is 3.64. The minimum Gasteiger partial charge on any atom is -0.316 e. The zero-order valence-corrected chi connectivity index (χ0v) is 13.5. The highest BCUT2D eigenvalue weighted by Crippen LogP contribution is 2.24. The quantitative estimate of drug-likeness (QED) is 0.741. The molecule has 0 radical (unpaired) electrons. The summed E-state index contributed by atoms with van der Waals surface area (Å²) in [6, 6.07) is 7.23. The van der Waals surface area contributed by atoms with Gasteiger partial charge in [-0.1, -0.05) is 45.4 Å². The molecule has 1 aliphatic carbocycles. The Kier molecular flexibility index (Phi) is 6.09. The summed E-state index contributed by atoms with van der Waals surface area (Å²) in [7, 11) is 0. The fraction of sp³-hybridized carbons (Fsp3) is 0.684. The molecule has 0 saturated heterocycles. The van der Waals surface area contributed by atoms with Gasteiger partial charge in [0, 0.05) is 0 Å². The van der Waals surface area contributed by atoms with Gasteiger partial charge < -0.3 is 5.32 Å². The largest absolute Gasteiger partial charge is 0.316 e. The highest BCUT2D eigenvalue weighted by molar-refractivity contribution is 5.35. The maximum atomic E-state index is 3.64. The number of hydrogen-bond acceptors (Lipinski definition) is 1. The van der Waals surface area contributed by atoms with Crippen LogP contribution >= 0.6 is 0 Å². The monoisotopic (exact) mass is 273 g/mol. The zero-order chi connectivity index (χ0) is 14.4. The van der Waals surface area contributed by atoms with Crippen LogP contribution in [0, 0.1) is 11.8 Å². The topological polar surface area (TPSA) is 12.0 Å². The molecule has 2 rings (SSSR count). The van der Waals surface area contributed by atoms with E-state index < -0.39 is 0 Å². The van der Waals surface area contributed by atoms with E-state index in [0.717, 1.165) is 18.4 Å². The molecule has 112 valence electrons.